The van der Waals surface area contributed by atoms with Crippen molar-refractivity contribution in [3.05, 3.63) is 48.5 Å². The minimum absolute atomic E-state index is 0.0395. The number of rotatable bonds is 9. The van der Waals surface area contributed by atoms with Gasteiger partial charge in [0.15, 0.2) is 5.16 Å². The molecule has 1 amide bonds. The second-order valence-corrected chi connectivity index (χ2v) is 6.72. The van der Waals surface area contributed by atoms with Gasteiger partial charge in [-0.3, -0.25) is 9.36 Å². The van der Waals surface area contributed by atoms with Crippen LogP contribution < -0.4 is 10.1 Å². The molecule has 0 saturated carbocycles. The van der Waals surface area contributed by atoms with Crippen LogP contribution in [0.5, 0.6) is 5.75 Å². The Morgan fingerprint density at radius 3 is 2.70 bits per heavy atom. The topological polar surface area (TPSA) is 65.4 Å². The fourth-order valence-electron chi connectivity index (χ4n) is 2.68. The lowest BCUT2D eigenvalue weighted by Gasteiger charge is -2.10. The van der Waals surface area contributed by atoms with Gasteiger partial charge in [-0.25, -0.2) is 4.98 Å². The van der Waals surface area contributed by atoms with E-state index >= 15 is 0 Å². The van der Waals surface area contributed by atoms with E-state index in [0.717, 1.165) is 27.6 Å². The summed E-state index contributed by atoms with van der Waals surface area (Å²) < 4.78 is 12.5. The molecule has 0 fully saturated rings. The number of fused-ring (bicyclic) bond motifs is 1. The molecule has 0 spiro atoms. The predicted molar refractivity (Wildman–Crippen MR) is 108 cm³/mol. The predicted octanol–water partition coefficient (Wildman–Crippen LogP) is 3.28. The van der Waals surface area contributed by atoms with E-state index in [1.54, 1.807) is 7.11 Å². The van der Waals surface area contributed by atoms with Crippen LogP contribution in [0.3, 0.4) is 0 Å². The second-order valence-electron chi connectivity index (χ2n) is 5.78. The maximum absolute atomic E-state index is 12.0. The quantitative estimate of drug-likeness (QED) is 0.452. The maximum atomic E-state index is 12.0. The minimum Gasteiger partial charge on any atom is -0.494 e. The highest BCUT2D eigenvalue weighted by Gasteiger charge is 2.14. The number of benzene rings is 2. The lowest BCUT2D eigenvalue weighted by Crippen LogP contribution is -2.28. The van der Waals surface area contributed by atoms with Gasteiger partial charge in [-0.15, -0.1) is 0 Å². The Labute approximate surface area is 162 Å². The fourth-order valence-corrected chi connectivity index (χ4v) is 3.54. The first-order valence-corrected chi connectivity index (χ1v) is 9.80. The molecule has 1 aromatic heterocycles. The normalized spacial score (nSPS) is 10.9. The van der Waals surface area contributed by atoms with Crippen LogP contribution in [0.2, 0.25) is 0 Å². The summed E-state index contributed by atoms with van der Waals surface area (Å²) in [5.41, 5.74) is 2.88. The van der Waals surface area contributed by atoms with Crippen LogP contribution in [-0.4, -0.2) is 48.1 Å². The van der Waals surface area contributed by atoms with E-state index in [1.807, 2.05) is 55.5 Å². The summed E-state index contributed by atoms with van der Waals surface area (Å²) in [7, 11) is 1.61. The van der Waals surface area contributed by atoms with Crippen molar-refractivity contribution < 1.29 is 14.3 Å². The molecule has 0 aliphatic carbocycles. The highest BCUT2D eigenvalue weighted by molar-refractivity contribution is 7.99. The van der Waals surface area contributed by atoms with Crippen LogP contribution in [0.4, 0.5) is 0 Å². The summed E-state index contributed by atoms with van der Waals surface area (Å²) in [6.45, 7) is 3.60. The van der Waals surface area contributed by atoms with Crippen molar-refractivity contribution >= 4 is 28.7 Å². The first-order valence-electron chi connectivity index (χ1n) is 8.82. The number of aromatic nitrogens is 2. The van der Waals surface area contributed by atoms with Gasteiger partial charge in [-0.2, -0.15) is 0 Å². The van der Waals surface area contributed by atoms with Gasteiger partial charge in [0.1, 0.15) is 5.75 Å². The molecule has 142 valence electrons. The molecule has 1 N–H and O–H groups in total. The summed E-state index contributed by atoms with van der Waals surface area (Å²) >= 11 is 1.42. The van der Waals surface area contributed by atoms with Crippen molar-refractivity contribution in [2.75, 3.05) is 32.6 Å². The van der Waals surface area contributed by atoms with Gasteiger partial charge >= 0.3 is 0 Å². The smallest absolute Gasteiger partial charge is 0.230 e. The van der Waals surface area contributed by atoms with Crippen molar-refractivity contribution in [1.82, 2.24) is 14.9 Å². The molecule has 2 aromatic carbocycles. The monoisotopic (exact) mass is 385 g/mol. The van der Waals surface area contributed by atoms with Crippen molar-refractivity contribution in [3.63, 3.8) is 0 Å². The highest BCUT2D eigenvalue weighted by Crippen LogP contribution is 2.28. The second kappa shape index (κ2) is 9.43. The first kappa shape index (κ1) is 19.3. The molecule has 6 nitrogen and oxygen atoms in total. The largest absolute Gasteiger partial charge is 0.494 e. The number of carbonyl (C=O) groups excluding carboxylic acids is 1. The number of amides is 1. The van der Waals surface area contributed by atoms with Crippen LogP contribution in [0.25, 0.3) is 16.7 Å². The summed E-state index contributed by atoms with van der Waals surface area (Å²) in [6, 6.07) is 15.8. The Hall–Kier alpha value is -2.51. The third kappa shape index (κ3) is 4.81. The van der Waals surface area contributed by atoms with Crippen LogP contribution in [0.1, 0.15) is 6.92 Å². The van der Waals surface area contributed by atoms with E-state index in [4.69, 9.17) is 14.5 Å². The third-order valence-corrected chi connectivity index (χ3v) is 4.84. The number of nitrogens with zero attached hydrogens (tertiary/aromatic N) is 2. The summed E-state index contributed by atoms with van der Waals surface area (Å²) in [5.74, 6) is 1.09. The summed E-state index contributed by atoms with van der Waals surface area (Å²) in [6.07, 6.45) is 0. The molecule has 0 aliphatic heterocycles. The van der Waals surface area contributed by atoms with Gasteiger partial charge in [-0.1, -0.05) is 23.9 Å². The van der Waals surface area contributed by atoms with Crippen LogP contribution in [-0.2, 0) is 9.53 Å². The number of hydrogen-bond donors (Lipinski definition) is 1. The summed E-state index contributed by atoms with van der Waals surface area (Å²) in [5, 5.41) is 3.61. The first-order chi connectivity index (χ1) is 13.2. The number of ether oxygens (including phenoxy) is 2. The number of hydrogen-bond acceptors (Lipinski definition) is 5. The average molecular weight is 385 g/mol. The van der Waals surface area contributed by atoms with E-state index in [0.29, 0.717) is 25.5 Å². The number of carbonyl (C=O) groups is 1. The molecule has 0 saturated heterocycles. The lowest BCUT2D eigenvalue weighted by atomic mass is 10.2. The highest BCUT2D eigenvalue weighted by atomic mass is 32.2. The van der Waals surface area contributed by atoms with Crippen LogP contribution >= 0.6 is 11.8 Å². The number of methoxy groups -OCH3 is 1. The maximum Gasteiger partial charge on any atom is 0.230 e. The Morgan fingerprint density at radius 2 is 1.96 bits per heavy atom. The third-order valence-electron chi connectivity index (χ3n) is 3.90. The Morgan fingerprint density at radius 1 is 1.19 bits per heavy atom. The number of imidazole rings is 1. The van der Waals surface area contributed by atoms with Gasteiger partial charge in [-0.05, 0) is 43.3 Å². The fraction of sp³-hybridized carbons (Fsp3) is 0.300. The summed E-state index contributed by atoms with van der Waals surface area (Å²) in [4.78, 5) is 16.7. The van der Waals surface area contributed by atoms with Gasteiger partial charge in [0, 0.05) is 19.3 Å². The zero-order valence-corrected chi connectivity index (χ0v) is 16.3. The van der Waals surface area contributed by atoms with Crippen LogP contribution in [0.15, 0.2) is 53.7 Å². The molecule has 0 radical (unpaired) electrons. The SMILES string of the molecule is CCOc1ccc(-n2c(SCC(=O)NCCOC)nc3ccccc32)cc1. The van der Waals surface area contributed by atoms with Crippen molar-refractivity contribution in [2.24, 2.45) is 0 Å². The molecule has 3 aromatic rings. The molecule has 0 atom stereocenters. The number of nitrogens with one attached hydrogen (secondary N) is 1. The molecule has 7 heteroatoms. The van der Waals surface area contributed by atoms with Crippen molar-refractivity contribution in [1.29, 1.82) is 0 Å². The molecule has 0 bridgehead atoms. The van der Waals surface area contributed by atoms with Gasteiger partial charge < -0.3 is 14.8 Å². The van der Waals surface area contributed by atoms with E-state index in [-0.39, 0.29) is 5.91 Å². The molecular weight excluding hydrogens is 362 g/mol. The van der Waals surface area contributed by atoms with Gasteiger partial charge in [0.05, 0.1) is 30.0 Å². The number of para-hydroxylation sites is 2. The zero-order valence-electron chi connectivity index (χ0n) is 15.5. The zero-order chi connectivity index (χ0) is 19.1. The van der Waals surface area contributed by atoms with Crippen molar-refractivity contribution in [2.45, 2.75) is 12.1 Å². The molecule has 3 rings (SSSR count). The molecule has 1 heterocycles. The van der Waals surface area contributed by atoms with E-state index in [2.05, 4.69) is 9.88 Å². The minimum atomic E-state index is -0.0395. The molecule has 27 heavy (non-hydrogen) atoms. The Balaban J connectivity index is 1.84. The van der Waals surface area contributed by atoms with Crippen LogP contribution in [0, 0.1) is 0 Å². The molecular formula is C20H23N3O3S. The van der Waals surface area contributed by atoms with Gasteiger partial charge in [0.2, 0.25) is 5.91 Å². The Bertz CT molecular complexity index is 893. The average Bonchev–Trinajstić information content (AvgIpc) is 3.06. The number of thioether (sulfide) groups is 1. The molecule has 0 aliphatic rings. The standard InChI is InChI=1S/C20H23N3O3S/c1-3-26-16-10-8-15(9-11-16)23-18-7-5-4-6-17(18)22-20(23)27-14-19(24)21-12-13-25-2/h4-11H,3,12-14H2,1-2H3,(H,21,24). The lowest BCUT2D eigenvalue weighted by molar-refractivity contribution is -0.118. The van der Waals surface area contributed by atoms with E-state index in [1.165, 1.54) is 11.8 Å². The van der Waals surface area contributed by atoms with E-state index in [9.17, 15) is 4.79 Å². The Kier molecular flexibility index (Phi) is 6.73. The van der Waals surface area contributed by atoms with Crippen molar-refractivity contribution in [3.8, 4) is 11.4 Å². The van der Waals surface area contributed by atoms with Gasteiger partial charge in [0.25, 0.3) is 0 Å². The molecule has 0 unspecified atom stereocenters. The van der Waals surface area contributed by atoms with E-state index < -0.39 is 0 Å².